The number of para-hydroxylation sites is 1. The summed E-state index contributed by atoms with van der Waals surface area (Å²) >= 11 is 7.69. The van der Waals surface area contributed by atoms with Gasteiger partial charge in [-0.1, -0.05) is 29.8 Å². The van der Waals surface area contributed by atoms with Crippen LogP contribution in [0.25, 0.3) is 6.08 Å². The third kappa shape index (κ3) is 4.93. The van der Waals surface area contributed by atoms with Crippen molar-refractivity contribution < 1.29 is 19.0 Å². The molecule has 0 atom stereocenters. The minimum Gasteiger partial charge on any atom is -0.493 e. The van der Waals surface area contributed by atoms with Crippen molar-refractivity contribution in [2.45, 2.75) is 0 Å². The molecule has 1 fully saturated rings. The Balaban J connectivity index is 1.98. The average molecular weight is 433 g/mol. The van der Waals surface area contributed by atoms with Gasteiger partial charge in [0.2, 0.25) is 0 Å². The first-order valence-corrected chi connectivity index (χ1v) is 10.0. The molecule has 29 heavy (non-hydrogen) atoms. The number of nitrogens with zero attached hydrogens (tertiary/aromatic N) is 2. The summed E-state index contributed by atoms with van der Waals surface area (Å²) in [7, 11) is 4.69. The highest BCUT2D eigenvalue weighted by molar-refractivity contribution is 8.18. The van der Waals surface area contributed by atoms with E-state index in [-0.39, 0.29) is 5.91 Å². The Morgan fingerprint density at radius 1 is 1.10 bits per heavy atom. The van der Waals surface area contributed by atoms with Crippen LogP contribution in [-0.4, -0.2) is 50.5 Å². The number of amides is 1. The van der Waals surface area contributed by atoms with Crippen molar-refractivity contribution in [1.82, 2.24) is 4.90 Å². The number of hydrogen-bond acceptors (Lipinski definition) is 6. The van der Waals surface area contributed by atoms with Gasteiger partial charge in [0.05, 0.1) is 43.0 Å². The van der Waals surface area contributed by atoms with E-state index >= 15 is 0 Å². The zero-order chi connectivity index (χ0) is 20.8. The van der Waals surface area contributed by atoms with Crippen molar-refractivity contribution in [2.75, 3.05) is 34.5 Å². The highest BCUT2D eigenvalue weighted by Crippen LogP contribution is 2.38. The zero-order valence-electron chi connectivity index (χ0n) is 16.3. The Bertz CT molecular complexity index is 947. The van der Waals surface area contributed by atoms with Crippen molar-refractivity contribution in [3.05, 3.63) is 58.0 Å². The lowest BCUT2D eigenvalue weighted by molar-refractivity contribution is -0.122. The largest absolute Gasteiger partial charge is 0.493 e. The maximum atomic E-state index is 13.0. The summed E-state index contributed by atoms with van der Waals surface area (Å²) < 4.78 is 15.8. The minimum atomic E-state index is -0.146. The molecule has 3 rings (SSSR count). The van der Waals surface area contributed by atoms with Crippen LogP contribution in [0.1, 0.15) is 5.56 Å². The van der Waals surface area contributed by atoms with Crippen LogP contribution in [-0.2, 0) is 9.53 Å². The van der Waals surface area contributed by atoms with E-state index in [0.29, 0.717) is 45.3 Å². The van der Waals surface area contributed by atoms with Gasteiger partial charge in [-0.15, -0.1) is 0 Å². The lowest BCUT2D eigenvalue weighted by Crippen LogP contribution is -2.32. The Hall–Kier alpha value is -2.48. The predicted octanol–water partition coefficient (Wildman–Crippen LogP) is 4.61. The van der Waals surface area contributed by atoms with Crippen molar-refractivity contribution in [1.29, 1.82) is 0 Å². The molecule has 0 N–H and O–H groups in total. The van der Waals surface area contributed by atoms with E-state index in [4.69, 9.17) is 25.8 Å². The number of ether oxygens (including phenoxy) is 3. The first kappa shape index (κ1) is 21.2. The maximum Gasteiger partial charge on any atom is 0.266 e. The monoisotopic (exact) mass is 432 g/mol. The molecule has 0 unspecified atom stereocenters. The number of benzene rings is 2. The van der Waals surface area contributed by atoms with Gasteiger partial charge < -0.3 is 14.2 Å². The van der Waals surface area contributed by atoms with E-state index in [2.05, 4.69) is 4.99 Å². The first-order valence-electron chi connectivity index (χ1n) is 8.83. The van der Waals surface area contributed by atoms with Crippen molar-refractivity contribution >= 4 is 46.2 Å². The second-order valence-corrected chi connectivity index (χ2v) is 7.44. The smallest absolute Gasteiger partial charge is 0.266 e. The number of aliphatic imine (C=N–C) groups is 1. The number of halogens is 1. The summed E-state index contributed by atoms with van der Waals surface area (Å²) in [6.07, 6.45) is 1.74. The molecule has 2 aromatic carbocycles. The van der Waals surface area contributed by atoms with Crippen LogP contribution in [0.4, 0.5) is 5.69 Å². The molecular formula is C21H21ClN2O4S. The molecule has 2 aromatic rings. The van der Waals surface area contributed by atoms with Crippen LogP contribution in [0.2, 0.25) is 5.02 Å². The molecule has 1 amide bonds. The Morgan fingerprint density at radius 2 is 1.79 bits per heavy atom. The number of hydrogen-bond donors (Lipinski definition) is 0. The highest BCUT2D eigenvalue weighted by Gasteiger charge is 2.33. The SMILES string of the molecule is COCCN1C(=O)C(=Cc2cc(OC)c(OC)cc2Cl)SC1=Nc1ccccc1. The fourth-order valence-corrected chi connectivity index (χ4v) is 3.93. The molecular weight excluding hydrogens is 412 g/mol. The molecule has 8 heteroatoms. The third-order valence-electron chi connectivity index (χ3n) is 4.18. The van der Waals surface area contributed by atoms with Gasteiger partial charge in [0.15, 0.2) is 16.7 Å². The van der Waals surface area contributed by atoms with E-state index in [1.807, 2.05) is 30.3 Å². The number of rotatable bonds is 7. The normalized spacial score (nSPS) is 16.7. The molecule has 0 aromatic heterocycles. The van der Waals surface area contributed by atoms with E-state index in [1.54, 1.807) is 44.4 Å². The van der Waals surface area contributed by atoms with E-state index in [0.717, 1.165) is 5.69 Å². The van der Waals surface area contributed by atoms with Gasteiger partial charge in [-0.3, -0.25) is 9.69 Å². The van der Waals surface area contributed by atoms with Gasteiger partial charge in [-0.05, 0) is 41.6 Å². The summed E-state index contributed by atoms with van der Waals surface area (Å²) in [5.74, 6) is 0.916. The summed E-state index contributed by atoms with van der Waals surface area (Å²) in [5.41, 5.74) is 1.43. The number of amidine groups is 1. The lowest BCUT2D eigenvalue weighted by atomic mass is 10.1. The van der Waals surface area contributed by atoms with E-state index in [1.165, 1.54) is 11.8 Å². The molecule has 0 radical (unpaired) electrons. The molecule has 0 aliphatic carbocycles. The Kier molecular flexibility index (Phi) is 7.19. The van der Waals surface area contributed by atoms with Gasteiger partial charge in [-0.2, -0.15) is 0 Å². The highest BCUT2D eigenvalue weighted by atomic mass is 35.5. The van der Waals surface area contributed by atoms with Gasteiger partial charge in [0.25, 0.3) is 5.91 Å². The van der Waals surface area contributed by atoms with Crippen molar-refractivity contribution in [3.63, 3.8) is 0 Å². The summed E-state index contributed by atoms with van der Waals surface area (Å²) in [4.78, 5) is 19.8. The Morgan fingerprint density at radius 3 is 2.45 bits per heavy atom. The van der Waals surface area contributed by atoms with E-state index in [9.17, 15) is 4.79 Å². The summed E-state index contributed by atoms with van der Waals surface area (Å²) in [5, 5.41) is 1.06. The number of thioether (sulfide) groups is 1. The van der Waals surface area contributed by atoms with Gasteiger partial charge >= 0.3 is 0 Å². The van der Waals surface area contributed by atoms with Crippen LogP contribution in [0.15, 0.2) is 52.4 Å². The number of carbonyl (C=O) groups is 1. The van der Waals surface area contributed by atoms with Crippen LogP contribution >= 0.6 is 23.4 Å². The van der Waals surface area contributed by atoms with Gasteiger partial charge in [-0.25, -0.2) is 4.99 Å². The van der Waals surface area contributed by atoms with Crippen molar-refractivity contribution in [2.24, 2.45) is 4.99 Å². The standard InChI is InChI=1S/C21H21ClN2O4S/c1-26-10-9-24-20(25)19(29-21(24)23-15-7-5-4-6-8-15)12-14-11-17(27-2)18(28-3)13-16(14)22/h4-8,11-13H,9-10H2,1-3H3. The van der Waals surface area contributed by atoms with Gasteiger partial charge in [0.1, 0.15) is 0 Å². The molecule has 0 bridgehead atoms. The fraction of sp³-hybridized carbons (Fsp3) is 0.238. The first-order chi connectivity index (χ1) is 14.1. The second kappa shape index (κ2) is 9.82. The quantitative estimate of drug-likeness (QED) is 0.598. The van der Waals surface area contributed by atoms with Gasteiger partial charge in [0, 0.05) is 13.2 Å². The molecule has 0 saturated carbocycles. The minimum absolute atomic E-state index is 0.146. The molecule has 1 saturated heterocycles. The molecule has 152 valence electrons. The molecule has 0 spiro atoms. The Labute approximate surface area is 179 Å². The van der Waals surface area contributed by atoms with Crippen molar-refractivity contribution in [3.8, 4) is 11.5 Å². The van der Waals surface area contributed by atoms with Crippen LogP contribution in [0.3, 0.4) is 0 Å². The average Bonchev–Trinajstić information content (AvgIpc) is 3.02. The lowest BCUT2D eigenvalue weighted by Gasteiger charge is -2.14. The number of carbonyl (C=O) groups excluding carboxylic acids is 1. The zero-order valence-corrected chi connectivity index (χ0v) is 17.9. The third-order valence-corrected chi connectivity index (χ3v) is 5.51. The summed E-state index contributed by atoms with van der Waals surface area (Å²) in [6.45, 7) is 0.815. The second-order valence-electron chi connectivity index (χ2n) is 6.02. The van der Waals surface area contributed by atoms with Crippen LogP contribution < -0.4 is 9.47 Å². The molecule has 1 heterocycles. The predicted molar refractivity (Wildman–Crippen MR) is 117 cm³/mol. The molecule has 1 aliphatic rings. The summed E-state index contributed by atoms with van der Waals surface area (Å²) in [6, 6.07) is 12.9. The van der Waals surface area contributed by atoms with Crippen LogP contribution in [0, 0.1) is 0 Å². The fourth-order valence-electron chi connectivity index (χ4n) is 2.71. The maximum absolute atomic E-state index is 13.0. The molecule has 6 nitrogen and oxygen atoms in total. The molecule has 1 aliphatic heterocycles. The van der Waals surface area contributed by atoms with E-state index < -0.39 is 0 Å². The van der Waals surface area contributed by atoms with Crippen LogP contribution in [0.5, 0.6) is 11.5 Å². The topological polar surface area (TPSA) is 60.4 Å². The number of methoxy groups -OCH3 is 3.